The van der Waals surface area contributed by atoms with Crippen molar-refractivity contribution in [1.29, 1.82) is 0 Å². The zero-order valence-electron chi connectivity index (χ0n) is 15.7. The average Bonchev–Trinajstić information content (AvgIpc) is 2.57. The van der Waals surface area contributed by atoms with Crippen LogP contribution in [0, 0.1) is 0 Å². The van der Waals surface area contributed by atoms with Gasteiger partial charge in [0.15, 0.2) is 0 Å². The zero-order chi connectivity index (χ0) is 20.3. The molecule has 0 aliphatic heterocycles. The maximum Gasteiger partial charge on any atom is 0.408 e. The van der Waals surface area contributed by atoms with Crippen LogP contribution < -0.4 is 10.6 Å². The molecule has 1 atom stereocenters. The summed E-state index contributed by atoms with van der Waals surface area (Å²) >= 11 is 1.28. The molecule has 2 amide bonds. The summed E-state index contributed by atoms with van der Waals surface area (Å²) in [6, 6.07) is 8.23. The van der Waals surface area contributed by atoms with Crippen LogP contribution in [0.1, 0.15) is 26.3 Å². The maximum atomic E-state index is 11.7. The number of carbonyl (C=O) groups is 3. The van der Waals surface area contributed by atoms with Crippen LogP contribution in [0.5, 0.6) is 0 Å². The number of thioether (sulfide) groups is 1. The van der Waals surface area contributed by atoms with E-state index < -0.39 is 29.8 Å². The Labute approximate surface area is 163 Å². The number of aliphatic carboxylic acids is 1. The molecule has 0 aliphatic carbocycles. The molecule has 0 unspecified atom stereocenters. The smallest absolute Gasteiger partial charge is 0.408 e. The highest BCUT2D eigenvalue weighted by Gasteiger charge is 2.23. The van der Waals surface area contributed by atoms with Gasteiger partial charge < -0.3 is 25.2 Å². The monoisotopic (exact) mass is 398 g/mol. The Kier molecular flexibility index (Phi) is 9.49. The minimum absolute atomic E-state index is 0.148. The topological polar surface area (TPSA) is 114 Å². The molecule has 0 heterocycles. The van der Waals surface area contributed by atoms with E-state index >= 15 is 0 Å². The number of hydrogen-bond acceptors (Lipinski definition) is 6. The molecule has 0 radical (unpaired) electrons. The van der Waals surface area contributed by atoms with E-state index in [1.54, 1.807) is 20.8 Å². The van der Waals surface area contributed by atoms with Gasteiger partial charge in [0.05, 0.1) is 0 Å². The van der Waals surface area contributed by atoms with Crippen molar-refractivity contribution in [2.24, 2.45) is 0 Å². The number of alkyl carbamates (subject to hydrolysis) is 2. The normalized spacial score (nSPS) is 12.0. The van der Waals surface area contributed by atoms with Gasteiger partial charge in [0.2, 0.25) is 0 Å². The Hall–Kier alpha value is -2.42. The number of ether oxygens (including phenoxy) is 2. The van der Waals surface area contributed by atoms with E-state index in [4.69, 9.17) is 9.47 Å². The molecular formula is C18H26N2O6S. The van der Waals surface area contributed by atoms with Gasteiger partial charge in [-0.15, -0.1) is 0 Å². The first-order valence-corrected chi connectivity index (χ1v) is 9.57. The molecule has 1 rings (SSSR count). The molecule has 0 aliphatic rings. The van der Waals surface area contributed by atoms with Crippen LogP contribution in [0.2, 0.25) is 0 Å². The van der Waals surface area contributed by atoms with Crippen LogP contribution in [0.15, 0.2) is 30.3 Å². The van der Waals surface area contributed by atoms with Crippen molar-refractivity contribution in [1.82, 2.24) is 10.6 Å². The van der Waals surface area contributed by atoms with Crippen LogP contribution in [0.25, 0.3) is 0 Å². The quantitative estimate of drug-likeness (QED) is 0.548. The van der Waals surface area contributed by atoms with Gasteiger partial charge in [0, 0.05) is 18.1 Å². The summed E-state index contributed by atoms with van der Waals surface area (Å²) < 4.78 is 10.1. The summed E-state index contributed by atoms with van der Waals surface area (Å²) in [7, 11) is 0. The summed E-state index contributed by atoms with van der Waals surface area (Å²) in [5, 5.41) is 14.1. The highest BCUT2D eigenvalue weighted by molar-refractivity contribution is 7.99. The van der Waals surface area contributed by atoms with Gasteiger partial charge in [-0.3, -0.25) is 0 Å². The Morgan fingerprint density at radius 3 is 2.41 bits per heavy atom. The van der Waals surface area contributed by atoms with E-state index in [9.17, 15) is 19.5 Å². The average molecular weight is 398 g/mol. The number of hydrogen-bond donors (Lipinski definition) is 3. The van der Waals surface area contributed by atoms with E-state index in [2.05, 4.69) is 10.6 Å². The van der Waals surface area contributed by atoms with Gasteiger partial charge in [0.1, 0.15) is 18.2 Å². The first kappa shape index (κ1) is 22.6. The molecule has 3 N–H and O–H groups in total. The Morgan fingerprint density at radius 2 is 1.81 bits per heavy atom. The number of carbonyl (C=O) groups excluding carboxylic acids is 2. The molecule has 1 aromatic rings. The molecule has 0 bridgehead atoms. The summed E-state index contributed by atoms with van der Waals surface area (Å²) in [6.45, 7) is 5.58. The van der Waals surface area contributed by atoms with Crippen molar-refractivity contribution in [3.8, 4) is 0 Å². The Morgan fingerprint density at radius 1 is 1.15 bits per heavy atom. The fourth-order valence-electron chi connectivity index (χ4n) is 1.83. The molecular weight excluding hydrogens is 372 g/mol. The van der Waals surface area contributed by atoms with Crippen molar-refractivity contribution in [2.75, 3.05) is 18.1 Å². The van der Waals surface area contributed by atoms with E-state index in [1.165, 1.54) is 11.8 Å². The number of carboxylic acid groups (broad SMARTS) is 1. The lowest BCUT2D eigenvalue weighted by molar-refractivity contribution is -0.138. The van der Waals surface area contributed by atoms with E-state index in [0.29, 0.717) is 12.3 Å². The van der Waals surface area contributed by atoms with E-state index in [-0.39, 0.29) is 12.4 Å². The number of nitrogens with one attached hydrogen (secondary N) is 2. The van der Waals surface area contributed by atoms with Crippen molar-refractivity contribution < 1.29 is 29.0 Å². The van der Waals surface area contributed by atoms with Crippen molar-refractivity contribution in [2.45, 2.75) is 39.0 Å². The van der Waals surface area contributed by atoms with Crippen LogP contribution >= 0.6 is 11.8 Å². The second-order valence-corrected chi connectivity index (χ2v) is 7.75. The standard InChI is InChI=1S/C18H26N2O6S/c1-18(2,3)26-17(24)20-14(15(21)22)12-27-10-9-19-16(23)25-11-13-7-5-4-6-8-13/h4-8,14H,9-12H2,1-3H3,(H,19,23)(H,20,24)(H,21,22)/t14-/m1/s1. The maximum absolute atomic E-state index is 11.7. The largest absolute Gasteiger partial charge is 0.480 e. The number of rotatable bonds is 9. The summed E-state index contributed by atoms with van der Waals surface area (Å²) in [4.78, 5) is 34.5. The molecule has 0 saturated carbocycles. The molecule has 150 valence electrons. The predicted molar refractivity (Wildman–Crippen MR) is 103 cm³/mol. The molecule has 0 fully saturated rings. The Balaban J connectivity index is 2.21. The predicted octanol–water partition coefficient (Wildman–Crippen LogP) is 2.62. The third-order valence-electron chi connectivity index (χ3n) is 3.00. The number of carboxylic acids is 1. The molecule has 0 aromatic heterocycles. The lowest BCUT2D eigenvalue weighted by Gasteiger charge is -2.21. The van der Waals surface area contributed by atoms with Crippen molar-refractivity contribution in [3.63, 3.8) is 0 Å². The second-order valence-electron chi connectivity index (χ2n) is 6.60. The van der Waals surface area contributed by atoms with Crippen LogP contribution in [0.4, 0.5) is 9.59 Å². The lowest BCUT2D eigenvalue weighted by atomic mass is 10.2. The van der Waals surface area contributed by atoms with Crippen LogP contribution in [-0.2, 0) is 20.9 Å². The van der Waals surface area contributed by atoms with Crippen molar-refractivity contribution >= 4 is 29.9 Å². The minimum Gasteiger partial charge on any atom is -0.480 e. The summed E-state index contributed by atoms with van der Waals surface area (Å²) in [6.07, 6.45) is -1.32. The number of amides is 2. The third kappa shape index (κ3) is 11.0. The zero-order valence-corrected chi connectivity index (χ0v) is 16.5. The van der Waals surface area contributed by atoms with Gasteiger partial charge in [-0.25, -0.2) is 14.4 Å². The van der Waals surface area contributed by atoms with Crippen LogP contribution in [-0.4, -0.2) is 53.0 Å². The molecule has 0 spiro atoms. The second kappa shape index (κ2) is 11.3. The molecule has 27 heavy (non-hydrogen) atoms. The highest BCUT2D eigenvalue weighted by atomic mass is 32.2. The van der Waals surface area contributed by atoms with Gasteiger partial charge in [-0.2, -0.15) is 11.8 Å². The molecule has 8 nitrogen and oxygen atoms in total. The number of benzene rings is 1. The molecule has 9 heteroatoms. The lowest BCUT2D eigenvalue weighted by Crippen LogP contribution is -2.45. The van der Waals surface area contributed by atoms with Gasteiger partial charge in [0.25, 0.3) is 0 Å². The van der Waals surface area contributed by atoms with Crippen molar-refractivity contribution in [3.05, 3.63) is 35.9 Å². The first-order valence-electron chi connectivity index (χ1n) is 8.42. The third-order valence-corrected chi connectivity index (χ3v) is 4.06. The highest BCUT2D eigenvalue weighted by Crippen LogP contribution is 2.08. The molecule has 1 aromatic carbocycles. The molecule has 0 saturated heterocycles. The van der Waals surface area contributed by atoms with Crippen LogP contribution in [0.3, 0.4) is 0 Å². The van der Waals surface area contributed by atoms with Gasteiger partial charge >= 0.3 is 18.2 Å². The SMILES string of the molecule is CC(C)(C)OC(=O)N[C@H](CSCCNC(=O)OCc1ccccc1)C(=O)O. The van der Waals surface area contributed by atoms with Gasteiger partial charge in [-0.05, 0) is 26.3 Å². The fourth-order valence-corrected chi connectivity index (χ4v) is 2.70. The Bertz CT molecular complexity index is 618. The van der Waals surface area contributed by atoms with E-state index in [1.807, 2.05) is 30.3 Å². The first-order chi connectivity index (χ1) is 12.7. The minimum atomic E-state index is -1.15. The summed E-state index contributed by atoms with van der Waals surface area (Å²) in [5.74, 6) is -0.529. The summed E-state index contributed by atoms with van der Waals surface area (Å²) in [5.41, 5.74) is 0.184. The van der Waals surface area contributed by atoms with E-state index in [0.717, 1.165) is 5.56 Å². The van der Waals surface area contributed by atoms with Gasteiger partial charge in [-0.1, -0.05) is 30.3 Å². The fraction of sp³-hybridized carbons (Fsp3) is 0.500.